The molecule has 1 aliphatic rings. The molecule has 1 aliphatic heterocycles. The predicted octanol–water partition coefficient (Wildman–Crippen LogP) is 0.723. The summed E-state index contributed by atoms with van der Waals surface area (Å²) in [5.41, 5.74) is 1.30. The first-order valence-electron chi connectivity index (χ1n) is 7.80. The van der Waals surface area contributed by atoms with Crippen LogP contribution in [-0.4, -0.2) is 47.2 Å². The molecule has 0 bridgehead atoms. The van der Waals surface area contributed by atoms with Crippen LogP contribution >= 0.6 is 0 Å². The van der Waals surface area contributed by atoms with Crippen molar-refractivity contribution in [1.82, 2.24) is 5.32 Å². The Balaban J connectivity index is 2.28. The third-order valence-corrected chi connectivity index (χ3v) is 4.33. The fourth-order valence-corrected chi connectivity index (χ4v) is 2.81. The highest BCUT2D eigenvalue weighted by atomic mass is 16.4. The molecule has 1 aromatic carbocycles. The molecule has 0 radical (unpaired) electrons. The minimum Gasteiger partial charge on any atom is -0.480 e. The van der Waals surface area contributed by atoms with Crippen molar-refractivity contribution in [3.05, 3.63) is 29.8 Å². The molecule has 1 heterocycles. The summed E-state index contributed by atoms with van der Waals surface area (Å²) in [5.74, 6) is -3.21. The van der Waals surface area contributed by atoms with E-state index in [0.29, 0.717) is 11.3 Å². The van der Waals surface area contributed by atoms with Crippen molar-refractivity contribution in [2.45, 2.75) is 38.3 Å². The van der Waals surface area contributed by atoms with Gasteiger partial charge >= 0.3 is 5.97 Å². The van der Waals surface area contributed by atoms with Crippen LogP contribution in [0.4, 0.5) is 5.69 Å². The minimum absolute atomic E-state index is 0.0382. The number of carboxylic acids is 1. The Morgan fingerprint density at radius 1 is 1.29 bits per heavy atom. The first-order chi connectivity index (χ1) is 11.2. The number of para-hydroxylation sites is 1. The second-order valence-electron chi connectivity index (χ2n) is 6.33. The summed E-state index contributed by atoms with van der Waals surface area (Å²) in [7, 11) is 1.64. The van der Waals surface area contributed by atoms with E-state index in [1.165, 1.54) is 4.90 Å². The van der Waals surface area contributed by atoms with Gasteiger partial charge in [-0.15, -0.1) is 0 Å². The number of hydrogen-bond donors (Lipinski definition) is 3. The molecule has 3 atom stereocenters. The Bertz CT molecular complexity index is 658. The number of anilines is 1. The molecule has 0 fully saturated rings. The van der Waals surface area contributed by atoms with Gasteiger partial charge in [0.05, 0.1) is 12.0 Å². The van der Waals surface area contributed by atoms with Crippen molar-refractivity contribution >= 4 is 23.5 Å². The summed E-state index contributed by atoms with van der Waals surface area (Å²) in [6.07, 6.45) is -1.26. The van der Waals surface area contributed by atoms with E-state index < -0.39 is 29.9 Å². The average Bonchev–Trinajstić information content (AvgIpc) is 2.54. The molecule has 1 aromatic rings. The quantitative estimate of drug-likeness (QED) is 0.736. The molecule has 0 saturated heterocycles. The molecule has 0 saturated carbocycles. The molecule has 2 amide bonds. The molecule has 3 unspecified atom stereocenters. The smallest absolute Gasteiger partial charge is 0.328 e. The summed E-state index contributed by atoms with van der Waals surface area (Å²) < 4.78 is 0. The van der Waals surface area contributed by atoms with E-state index in [1.807, 2.05) is 0 Å². The first-order valence-corrected chi connectivity index (χ1v) is 7.80. The van der Waals surface area contributed by atoms with E-state index in [2.05, 4.69) is 5.32 Å². The zero-order valence-corrected chi connectivity index (χ0v) is 13.9. The number of rotatable bonds is 5. The minimum atomic E-state index is -1.42. The van der Waals surface area contributed by atoms with Crippen molar-refractivity contribution in [2.75, 3.05) is 11.9 Å². The van der Waals surface area contributed by atoms with Gasteiger partial charge in [0, 0.05) is 19.2 Å². The van der Waals surface area contributed by atoms with Crippen LogP contribution in [0.25, 0.3) is 0 Å². The lowest BCUT2D eigenvalue weighted by Gasteiger charge is -2.32. The summed E-state index contributed by atoms with van der Waals surface area (Å²) in [6, 6.07) is 5.60. The summed E-state index contributed by atoms with van der Waals surface area (Å²) in [4.78, 5) is 37.6. The number of amides is 2. The van der Waals surface area contributed by atoms with Crippen molar-refractivity contribution in [2.24, 2.45) is 5.92 Å². The fourth-order valence-electron chi connectivity index (χ4n) is 2.81. The maximum Gasteiger partial charge on any atom is 0.328 e. The number of aliphatic hydroxyl groups is 1. The third-order valence-electron chi connectivity index (χ3n) is 4.33. The van der Waals surface area contributed by atoms with Gasteiger partial charge in [-0.2, -0.15) is 0 Å². The molecular formula is C17H22N2O5. The Hall–Kier alpha value is -2.41. The van der Waals surface area contributed by atoms with Crippen LogP contribution < -0.4 is 10.2 Å². The first kappa shape index (κ1) is 17.9. The lowest BCUT2D eigenvalue weighted by atomic mass is 9.88. The van der Waals surface area contributed by atoms with Crippen LogP contribution in [0, 0.1) is 5.92 Å². The van der Waals surface area contributed by atoms with E-state index in [9.17, 15) is 24.6 Å². The van der Waals surface area contributed by atoms with Gasteiger partial charge in [-0.05, 0) is 17.5 Å². The maximum absolute atomic E-state index is 12.6. The van der Waals surface area contributed by atoms with Crippen molar-refractivity contribution in [3.8, 4) is 0 Å². The van der Waals surface area contributed by atoms with Gasteiger partial charge in [0.2, 0.25) is 11.8 Å². The zero-order valence-electron chi connectivity index (χ0n) is 13.9. The lowest BCUT2D eigenvalue weighted by molar-refractivity contribution is -0.146. The van der Waals surface area contributed by atoms with Crippen molar-refractivity contribution in [1.29, 1.82) is 0 Å². The molecule has 7 heteroatoms. The number of benzene rings is 1. The highest BCUT2D eigenvalue weighted by molar-refractivity contribution is 6.03. The second-order valence-corrected chi connectivity index (χ2v) is 6.33. The Morgan fingerprint density at radius 2 is 1.92 bits per heavy atom. The van der Waals surface area contributed by atoms with Crippen molar-refractivity contribution < 1.29 is 24.6 Å². The van der Waals surface area contributed by atoms with Gasteiger partial charge in [-0.1, -0.05) is 32.0 Å². The topological polar surface area (TPSA) is 107 Å². The third kappa shape index (κ3) is 3.41. The van der Waals surface area contributed by atoms with Gasteiger partial charge in [-0.25, -0.2) is 4.79 Å². The maximum atomic E-state index is 12.6. The van der Waals surface area contributed by atoms with Crippen LogP contribution in [0.15, 0.2) is 24.3 Å². The normalized spacial score (nSPS) is 19.6. The Kier molecular flexibility index (Phi) is 5.23. The van der Waals surface area contributed by atoms with Crippen LogP contribution in [0.2, 0.25) is 0 Å². The molecule has 0 aliphatic carbocycles. The van der Waals surface area contributed by atoms with Gasteiger partial charge in [0.25, 0.3) is 0 Å². The fraction of sp³-hybridized carbons (Fsp3) is 0.471. The number of nitrogens with one attached hydrogen (secondary N) is 1. The van der Waals surface area contributed by atoms with Crippen LogP contribution in [0.5, 0.6) is 0 Å². The van der Waals surface area contributed by atoms with Crippen LogP contribution in [-0.2, 0) is 14.4 Å². The number of nitrogens with zero attached hydrogens (tertiary/aromatic N) is 1. The highest BCUT2D eigenvalue weighted by Gasteiger charge is 2.37. The highest BCUT2D eigenvalue weighted by Crippen LogP contribution is 2.35. The number of hydrogen-bond acceptors (Lipinski definition) is 4. The van der Waals surface area contributed by atoms with Crippen LogP contribution in [0.3, 0.4) is 0 Å². The standard InChI is InChI=1S/C17H22N2O5/c1-9(2)15(21)14(17(23)24)18-16(22)11-8-13(20)19(3)12-7-5-4-6-10(11)12/h4-7,9,11,14-15,21H,8H2,1-3H3,(H,18,22)(H,23,24). The Labute approximate surface area is 140 Å². The van der Waals surface area contributed by atoms with E-state index in [0.717, 1.165) is 0 Å². The largest absolute Gasteiger partial charge is 0.480 e. The SMILES string of the molecule is CC(C)C(O)C(NC(=O)C1CC(=O)N(C)c2ccccc21)C(=O)O. The molecule has 3 N–H and O–H groups in total. The summed E-state index contributed by atoms with van der Waals surface area (Å²) >= 11 is 0. The van der Waals surface area contributed by atoms with Gasteiger partial charge in [-0.3, -0.25) is 9.59 Å². The number of carboxylic acid groups (broad SMARTS) is 1. The number of carbonyl (C=O) groups is 3. The van der Waals surface area contributed by atoms with Gasteiger partial charge in [0.15, 0.2) is 6.04 Å². The van der Waals surface area contributed by atoms with Gasteiger partial charge in [0.1, 0.15) is 0 Å². The molecule has 24 heavy (non-hydrogen) atoms. The van der Waals surface area contributed by atoms with E-state index >= 15 is 0 Å². The average molecular weight is 334 g/mol. The number of carbonyl (C=O) groups excluding carboxylic acids is 2. The summed E-state index contributed by atoms with van der Waals surface area (Å²) in [6.45, 7) is 3.34. The molecule has 2 rings (SSSR count). The second kappa shape index (κ2) is 7.00. The molecule has 0 spiro atoms. The van der Waals surface area contributed by atoms with E-state index in [1.54, 1.807) is 45.2 Å². The van der Waals surface area contributed by atoms with E-state index in [-0.39, 0.29) is 18.2 Å². The van der Waals surface area contributed by atoms with E-state index in [4.69, 9.17) is 0 Å². The lowest BCUT2D eigenvalue weighted by Crippen LogP contribution is -2.52. The van der Waals surface area contributed by atoms with Gasteiger partial charge < -0.3 is 20.4 Å². The number of fused-ring (bicyclic) bond motifs is 1. The molecular weight excluding hydrogens is 312 g/mol. The van der Waals surface area contributed by atoms with Crippen molar-refractivity contribution in [3.63, 3.8) is 0 Å². The monoisotopic (exact) mass is 334 g/mol. The molecule has 0 aromatic heterocycles. The number of aliphatic carboxylic acids is 1. The Morgan fingerprint density at radius 3 is 2.50 bits per heavy atom. The van der Waals surface area contributed by atoms with Crippen LogP contribution in [0.1, 0.15) is 31.7 Å². The molecule has 7 nitrogen and oxygen atoms in total. The predicted molar refractivity (Wildman–Crippen MR) is 87.6 cm³/mol. The molecule has 130 valence electrons. The zero-order chi connectivity index (χ0) is 18.0. The number of aliphatic hydroxyl groups excluding tert-OH is 1. The summed E-state index contributed by atoms with van der Waals surface area (Å²) in [5, 5.41) is 21.7.